The zero-order valence-corrected chi connectivity index (χ0v) is 20.3. The summed E-state index contributed by atoms with van der Waals surface area (Å²) in [6.45, 7) is 11.6. The Morgan fingerprint density at radius 3 is 2.48 bits per heavy atom. The van der Waals surface area contributed by atoms with Gasteiger partial charge >= 0.3 is 0 Å². The molecular formula is C27H33N3O3. The molecule has 1 amide bonds. The fourth-order valence-corrected chi connectivity index (χ4v) is 4.66. The SMILES string of the molecule is COCCCN1C(=O)c2[nH]nc(-c3cc(C)cc(C)c3O)c2C1c1ccc(C(C)(C)C)cc1. The van der Waals surface area contributed by atoms with Crippen molar-refractivity contribution in [3.8, 4) is 17.0 Å². The van der Waals surface area contributed by atoms with Crippen LogP contribution in [0.25, 0.3) is 11.3 Å². The fourth-order valence-electron chi connectivity index (χ4n) is 4.66. The number of ether oxygens (including phenoxy) is 1. The standard InChI is InChI=1S/C27H33N3O3/c1-16-14-17(2)25(31)20(15-16)22-21-23(29-28-22)26(32)30(12-7-13-33-6)24(21)18-8-10-19(11-9-18)27(3,4)5/h8-11,14-15,24,31H,7,12-13H2,1-6H3,(H,28,29). The molecule has 0 saturated heterocycles. The first kappa shape index (κ1) is 23.1. The van der Waals surface area contributed by atoms with Crippen molar-refractivity contribution in [2.75, 3.05) is 20.3 Å². The highest BCUT2D eigenvalue weighted by atomic mass is 16.5. The van der Waals surface area contributed by atoms with Crippen LogP contribution in [0, 0.1) is 13.8 Å². The molecule has 3 aromatic rings. The van der Waals surface area contributed by atoms with E-state index in [9.17, 15) is 9.90 Å². The fraction of sp³-hybridized carbons (Fsp3) is 0.407. The van der Waals surface area contributed by atoms with Crippen LogP contribution in [-0.2, 0) is 10.2 Å². The number of phenols is 1. The van der Waals surface area contributed by atoms with Gasteiger partial charge in [-0.25, -0.2) is 0 Å². The summed E-state index contributed by atoms with van der Waals surface area (Å²) in [5, 5.41) is 18.3. The van der Waals surface area contributed by atoms with Crippen molar-refractivity contribution in [3.05, 3.63) is 69.9 Å². The van der Waals surface area contributed by atoms with E-state index >= 15 is 0 Å². The van der Waals surface area contributed by atoms with Crippen LogP contribution in [0.15, 0.2) is 36.4 Å². The third-order valence-corrected chi connectivity index (χ3v) is 6.40. The number of phenolic OH excluding ortho intramolecular Hbond substituents is 1. The Morgan fingerprint density at radius 2 is 1.85 bits per heavy atom. The van der Waals surface area contributed by atoms with E-state index in [-0.39, 0.29) is 23.1 Å². The summed E-state index contributed by atoms with van der Waals surface area (Å²) in [7, 11) is 1.67. The number of aromatic nitrogens is 2. The van der Waals surface area contributed by atoms with Crippen LogP contribution in [-0.4, -0.2) is 46.4 Å². The number of aryl methyl sites for hydroxylation is 2. The van der Waals surface area contributed by atoms with Gasteiger partial charge in [-0.05, 0) is 54.0 Å². The van der Waals surface area contributed by atoms with Gasteiger partial charge in [-0.15, -0.1) is 0 Å². The third kappa shape index (κ3) is 4.15. The molecule has 1 aliphatic heterocycles. The molecule has 1 aromatic heterocycles. The van der Waals surface area contributed by atoms with Gasteiger partial charge in [-0.3, -0.25) is 9.89 Å². The van der Waals surface area contributed by atoms with Crippen LogP contribution in [0.4, 0.5) is 0 Å². The van der Waals surface area contributed by atoms with Crippen LogP contribution in [0.3, 0.4) is 0 Å². The van der Waals surface area contributed by atoms with Crippen molar-refractivity contribution < 1.29 is 14.6 Å². The number of fused-ring (bicyclic) bond motifs is 1. The molecule has 0 saturated carbocycles. The minimum atomic E-state index is -0.285. The van der Waals surface area contributed by atoms with Gasteiger partial charge in [0, 0.05) is 31.4 Å². The second kappa shape index (κ2) is 8.67. The monoisotopic (exact) mass is 447 g/mol. The molecule has 0 fully saturated rings. The second-order valence-electron chi connectivity index (χ2n) is 9.96. The van der Waals surface area contributed by atoms with Crippen LogP contribution in [0.2, 0.25) is 0 Å². The summed E-state index contributed by atoms with van der Waals surface area (Å²) in [6.07, 6.45) is 0.737. The van der Waals surface area contributed by atoms with Crippen LogP contribution < -0.4 is 0 Å². The molecule has 174 valence electrons. The number of methoxy groups -OCH3 is 1. The summed E-state index contributed by atoms with van der Waals surface area (Å²) in [4.78, 5) is 15.3. The lowest BCUT2D eigenvalue weighted by molar-refractivity contribution is 0.0723. The van der Waals surface area contributed by atoms with E-state index in [1.165, 1.54) is 5.56 Å². The lowest BCUT2D eigenvalue weighted by Gasteiger charge is -2.27. The highest BCUT2D eigenvalue weighted by molar-refractivity contribution is 6.00. The molecule has 2 N–H and O–H groups in total. The molecule has 4 rings (SSSR count). The molecule has 1 atom stereocenters. The maximum atomic E-state index is 13.4. The van der Waals surface area contributed by atoms with E-state index in [0.29, 0.717) is 30.1 Å². The predicted octanol–water partition coefficient (Wildman–Crippen LogP) is 5.28. The van der Waals surface area contributed by atoms with Gasteiger partial charge in [0.25, 0.3) is 5.91 Å². The molecule has 0 bridgehead atoms. The van der Waals surface area contributed by atoms with Crippen molar-refractivity contribution in [3.63, 3.8) is 0 Å². The van der Waals surface area contributed by atoms with Crippen molar-refractivity contribution in [1.82, 2.24) is 15.1 Å². The number of aromatic amines is 1. The average molecular weight is 448 g/mol. The largest absolute Gasteiger partial charge is 0.507 e. The number of carbonyl (C=O) groups excluding carboxylic acids is 1. The van der Waals surface area contributed by atoms with E-state index in [1.807, 2.05) is 30.9 Å². The number of hydrogen-bond donors (Lipinski definition) is 2. The number of nitrogens with zero attached hydrogens (tertiary/aromatic N) is 2. The zero-order valence-electron chi connectivity index (χ0n) is 20.3. The first-order chi connectivity index (χ1) is 15.6. The number of aromatic hydroxyl groups is 1. The summed E-state index contributed by atoms with van der Waals surface area (Å²) in [6, 6.07) is 12.1. The Hall–Kier alpha value is -3.12. The first-order valence-electron chi connectivity index (χ1n) is 11.4. The van der Waals surface area contributed by atoms with E-state index in [4.69, 9.17) is 4.74 Å². The molecule has 0 radical (unpaired) electrons. The second-order valence-corrected chi connectivity index (χ2v) is 9.96. The molecular weight excluding hydrogens is 414 g/mol. The van der Waals surface area contributed by atoms with E-state index < -0.39 is 0 Å². The number of rotatable bonds is 6. The normalized spacial score (nSPS) is 15.9. The van der Waals surface area contributed by atoms with Gasteiger partial charge in [0.1, 0.15) is 17.1 Å². The molecule has 0 spiro atoms. The minimum absolute atomic E-state index is 0.0407. The number of nitrogens with one attached hydrogen (secondary N) is 1. The van der Waals surface area contributed by atoms with E-state index in [0.717, 1.165) is 28.7 Å². The van der Waals surface area contributed by atoms with Gasteiger partial charge in [0.15, 0.2) is 0 Å². The lowest BCUT2D eigenvalue weighted by atomic mass is 9.85. The molecule has 2 heterocycles. The molecule has 1 aliphatic rings. The highest BCUT2D eigenvalue weighted by Crippen LogP contribution is 2.45. The zero-order chi connectivity index (χ0) is 23.9. The average Bonchev–Trinajstić information content (AvgIpc) is 3.30. The molecule has 33 heavy (non-hydrogen) atoms. The van der Waals surface area contributed by atoms with Crippen molar-refractivity contribution in [2.45, 2.75) is 52.5 Å². The Bertz CT molecular complexity index is 1170. The van der Waals surface area contributed by atoms with Crippen molar-refractivity contribution in [2.24, 2.45) is 0 Å². The Kier molecular flexibility index (Phi) is 6.06. The Labute approximate surface area is 195 Å². The maximum absolute atomic E-state index is 13.4. The van der Waals surface area contributed by atoms with Crippen molar-refractivity contribution in [1.29, 1.82) is 0 Å². The van der Waals surface area contributed by atoms with Gasteiger partial charge in [-0.1, -0.05) is 51.1 Å². The summed E-state index contributed by atoms with van der Waals surface area (Å²) >= 11 is 0. The Morgan fingerprint density at radius 1 is 1.15 bits per heavy atom. The summed E-state index contributed by atoms with van der Waals surface area (Å²) in [5.41, 5.74) is 6.71. The summed E-state index contributed by atoms with van der Waals surface area (Å²) in [5.74, 6) is 0.121. The van der Waals surface area contributed by atoms with Crippen molar-refractivity contribution >= 4 is 5.91 Å². The number of amides is 1. The molecule has 0 aliphatic carbocycles. The van der Waals surface area contributed by atoms with Gasteiger partial charge in [-0.2, -0.15) is 5.10 Å². The topological polar surface area (TPSA) is 78.5 Å². The van der Waals surface area contributed by atoms with Crippen LogP contribution in [0.5, 0.6) is 5.75 Å². The predicted molar refractivity (Wildman–Crippen MR) is 130 cm³/mol. The third-order valence-electron chi connectivity index (χ3n) is 6.40. The summed E-state index contributed by atoms with van der Waals surface area (Å²) < 4.78 is 5.23. The van der Waals surface area contributed by atoms with E-state index in [1.54, 1.807) is 7.11 Å². The van der Waals surface area contributed by atoms with Gasteiger partial charge < -0.3 is 14.7 Å². The van der Waals surface area contributed by atoms with Gasteiger partial charge in [0.05, 0.1) is 6.04 Å². The highest BCUT2D eigenvalue weighted by Gasteiger charge is 2.42. The minimum Gasteiger partial charge on any atom is -0.507 e. The maximum Gasteiger partial charge on any atom is 0.273 e. The van der Waals surface area contributed by atoms with Crippen LogP contribution in [0.1, 0.15) is 71.5 Å². The van der Waals surface area contributed by atoms with Gasteiger partial charge in [0.2, 0.25) is 0 Å². The molecule has 6 nitrogen and oxygen atoms in total. The smallest absolute Gasteiger partial charge is 0.273 e. The van der Waals surface area contributed by atoms with E-state index in [2.05, 4.69) is 55.2 Å². The number of carbonyl (C=O) groups is 1. The lowest BCUT2D eigenvalue weighted by Crippen LogP contribution is -2.31. The molecule has 2 aromatic carbocycles. The van der Waals surface area contributed by atoms with Crippen LogP contribution >= 0.6 is 0 Å². The number of benzene rings is 2. The first-order valence-corrected chi connectivity index (χ1v) is 11.4. The molecule has 6 heteroatoms. The Balaban J connectivity index is 1.86. The molecule has 1 unspecified atom stereocenters. The number of hydrogen-bond acceptors (Lipinski definition) is 4. The number of H-pyrrole nitrogens is 1. The quantitative estimate of drug-likeness (QED) is 0.504.